The first kappa shape index (κ1) is 28.1. The van der Waals surface area contributed by atoms with Crippen molar-refractivity contribution in [2.24, 2.45) is 4.99 Å². The lowest BCUT2D eigenvalue weighted by Gasteiger charge is -2.39. The molecule has 2 rings (SSSR count). The molecular formula is C15H7Cl2F12N3O2. The van der Waals surface area contributed by atoms with E-state index in [2.05, 4.69) is 0 Å². The summed E-state index contributed by atoms with van der Waals surface area (Å²) in [6, 6.07) is 3.17. The summed E-state index contributed by atoms with van der Waals surface area (Å²) < 4.78 is 165. The average molecular weight is 560 g/mol. The van der Waals surface area contributed by atoms with Crippen LogP contribution in [-0.4, -0.2) is 54.3 Å². The molecule has 0 atom stereocenters. The van der Waals surface area contributed by atoms with Crippen LogP contribution in [0.25, 0.3) is 0 Å². The first-order valence-corrected chi connectivity index (χ1v) is 8.89. The number of amides is 1. The molecule has 1 amide bonds. The molecule has 0 unspecified atom stereocenters. The van der Waals surface area contributed by atoms with Gasteiger partial charge in [0.25, 0.3) is 11.4 Å². The van der Waals surface area contributed by atoms with Gasteiger partial charge in [-0.2, -0.15) is 52.7 Å². The van der Waals surface area contributed by atoms with Crippen molar-refractivity contribution in [3.05, 3.63) is 28.2 Å². The van der Waals surface area contributed by atoms with Crippen LogP contribution in [0.1, 0.15) is 0 Å². The average Bonchev–Trinajstić information content (AvgIpc) is 2.98. The highest BCUT2D eigenvalue weighted by molar-refractivity contribution is 6.35. The minimum absolute atomic E-state index is 0.0453. The monoisotopic (exact) mass is 559 g/mol. The van der Waals surface area contributed by atoms with Crippen LogP contribution in [0, 0.1) is 0 Å². The molecule has 1 aromatic carbocycles. The number of carbonyl (C=O) groups is 1. The van der Waals surface area contributed by atoms with Gasteiger partial charge in [0.1, 0.15) is 11.6 Å². The van der Waals surface area contributed by atoms with Gasteiger partial charge in [-0.25, -0.2) is 10.3 Å². The molecular weight excluding hydrogens is 553 g/mol. The van der Waals surface area contributed by atoms with Gasteiger partial charge >= 0.3 is 30.4 Å². The first-order valence-electron chi connectivity index (χ1n) is 8.13. The SMILES string of the molecule is O=C(COc1ccc(Cl)cc1Cl)NC1=NC(C(F)(F)F)(C(F)(F)F)NC1(C(F)(F)F)C(F)(F)F. The van der Waals surface area contributed by atoms with Crippen molar-refractivity contribution < 1.29 is 62.2 Å². The zero-order valence-electron chi connectivity index (χ0n) is 15.5. The van der Waals surface area contributed by atoms with E-state index in [0.717, 1.165) is 18.2 Å². The van der Waals surface area contributed by atoms with Gasteiger partial charge in [0.15, 0.2) is 6.61 Å². The molecule has 19 heteroatoms. The van der Waals surface area contributed by atoms with Crippen molar-refractivity contribution >= 4 is 34.9 Å². The summed E-state index contributed by atoms with van der Waals surface area (Å²) in [6.07, 6.45) is -27.5. The highest BCUT2D eigenvalue weighted by atomic mass is 35.5. The molecule has 1 heterocycles. The Morgan fingerprint density at radius 1 is 0.912 bits per heavy atom. The fourth-order valence-electron chi connectivity index (χ4n) is 2.64. The number of alkyl halides is 12. The molecule has 0 spiro atoms. The van der Waals surface area contributed by atoms with E-state index >= 15 is 0 Å². The van der Waals surface area contributed by atoms with Crippen molar-refractivity contribution in [3.8, 4) is 5.75 Å². The number of amidine groups is 1. The third kappa shape index (κ3) is 4.68. The summed E-state index contributed by atoms with van der Waals surface area (Å²) in [6.45, 7) is -1.49. The second-order valence-electron chi connectivity index (χ2n) is 6.45. The fraction of sp³-hybridized carbons (Fsp3) is 0.467. The van der Waals surface area contributed by atoms with Crippen LogP contribution in [0.3, 0.4) is 0 Å². The second-order valence-corrected chi connectivity index (χ2v) is 7.29. The third-order valence-corrected chi connectivity index (χ3v) is 4.72. The van der Waals surface area contributed by atoms with Gasteiger partial charge in [0, 0.05) is 5.02 Å². The molecule has 1 aliphatic heterocycles. The van der Waals surface area contributed by atoms with E-state index in [9.17, 15) is 57.5 Å². The lowest BCUT2D eigenvalue weighted by molar-refractivity contribution is -0.333. The lowest BCUT2D eigenvalue weighted by atomic mass is 9.95. The van der Waals surface area contributed by atoms with Crippen LogP contribution in [0.5, 0.6) is 5.75 Å². The predicted molar refractivity (Wildman–Crippen MR) is 90.4 cm³/mol. The largest absolute Gasteiger partial charge is 0.482 e. The summed E-state index contributed by atoms with van der Waals surface area (Å²) in [4.78, 5) is 13.5. The Morgan fingerprint density at radius 3 is 1.82 bits per heavy atom. The number of nitrogens with zero attached hydrogens (tertiary/aromatic N) is 1. The Bertz CT molecular complexity index is 957. The Morgan fingerprint density at radius 2 is 1.41 bits per heavy atom. The maximum atomic E-state index is 13.5. The summed E-state index contributed by atoms with van der Waals surface area (Å²) in [5, 5.41) is -0.0279. The van der Waals surface area contributed by atoms with E-state index in [4.69, 9.17) is 27.9 Å². The Kier molecular flexibility index (Phi) is 7.03. The van der Waals surface area contributed by atoms with Crippen LogP contribution in [0.2, 0.25) is 10.0 Å². The van der Waals surface area contributed by atoms with Crippen molar-refractivity contribution in [3.63, 3.8) is 0 Å². The molecule has 0 saturated heterocycles. The second kappa shape index (κ2) is 8.51. The van der Waals surface area contributed by atoms with E-state index in [1.165, 1.54) is 0 Å². The maximum Gasteiger partial charge on any atom is 0.436 e. The van der Waals surface area contributed by atoms with Gasteiger partial charge in [-0.1, -0.05) is 23.2 Å². The summed E-state index contributed by atoms with van der Waals surface area (Å²) >= 11 is 11.2. The number of nitrogens with one attached hydrogen (secondary N) is 2. The number of halogens is 14. The highest BCUT2D eigenvalue weighted by Gasteiger charge is 2.86. The highest BCUT2D eigenvalue weighted by Crippen LogP contribution is 2.55. The Balaban J connectivity index is 2.55. The number of benzene rings is 1. The molecule has 0 saturated carbocycles. The first-order chi connectivity index (χ1) is 15.1. The Hall–Kier alpha value is -2.14. The summed E-state index contributed by atoms with van der Waals surface area (Å²) in [5.74, 6) is -5.46. The number of ether oxygens (including phenoxy) is 1. The third-order valence-electron chi connectivity index (χ3n) is 4.18. The van der Waals surface area contributed by atoms with Crippen LogP contribution < -0.4 is 15.4 Å². The van der Waals surface area contributed by atoms with Gasteiger partial charge in [-0.15, -0.1) is 0 Å². The zero-order valence-corrected chi connectivity index (χ0v) is 17.0. The number of carbonyl (C=O) groups excluding carboxylic acids is 1. The van der Waals surface area contributed by atoms with Crippen LogP contribution in [0.4, 0.5) is 52.7 Å². The van der Waals surface area contributed by atoms with Crippen LogP contribution in [0.15, 0.2) is 23.2 Å². The molecule has 1 aromatic rings. The van der Waals surface area contributed by atoms with Gasteiger partial charge in [0.2, 0.25) is 0 Å². The molecule has 192 valence electrons. The van der Waals surface area contributed by atoms with Crippen LogP contribution in [-0.2, 0) is 4.79 Å². The molecule has 2 N–H and O–H groups in total. The minimum Gasteiger partial charge on any atom is -0.482 e. The number of hydrogen-bond donors (Lipinski definition) is 2. The van der Waals surface area contributed by atoms with Gasteiger partial charge < -0.3 is 10.1 Å². The van der Waals surface area contributed by atoms with Crippen molar-refractivity contribution in [2.45, 2.75) is 35.9 Å². The van der Waals surface area contributed by atoms with Crippen molar-refractivity contribution in [1.29, 1.82) is 0 Å². The zero-order chi connectivity index (χ0) is 26.5. The molecule has 34 heavy (non-hydrogen) atoms. The molecule has 0 aromatic heterocycles. The summed E-state index contributed by atoms with van der Waals surface area (Å²) in [5.41, 5.74) is -12.1. The molecule has 0 aliphatic carbocycles. The van der Waals surface area contributed by atoms with Crippen molar-refractivity contribution in [1.82, 2.24) is 10.6 Å². The topological polar surface area (TPSA) is 62.7 Å². The van der Waals surface area contributed by atoms with Crippen molar-refractivity contribution in [2.75, 3.05) is 6.61 Å². The Labute approximate surface area is 190 Å². The summed E-state index contributed by atoms with van der Waals surface area (Å²) in [7, 11) is 0. The van der Waals surface area contributed by atoms with Gasteiger partial charge in [-0.3, -0.25) is 4.79 Å². The van der Waals surface area contributed by atoms with E-state index in [1.807, 2.05) is 0 Å². The number of rotatable bonds is 3. The smallest absolute Gasteiger partial charge is 0.436 e. The molecule has 1 aliphatic rings. The van der Waals surface area contributed by atoms with Gasteiger partial charge in [0.05, 0.1) is 5.02 Å². The number of aliphatic imine (C=N–C) groups is 1. The lowest BCUT2D eigenvalue weighted by Crippen LogP contribution is -2.77. The minimum atomic E-state index is -6.89. The molecule has 0 fully saturated rings. The maximum absolute atomic E-state index is 13.5. The normalized spacial score (nSPS) is 18.5. The van der Waals surface area contributed by atoms with E-state index in [1.54, 1.807) is 4.99 Å². The van der Waals surface area contributed by atoms with E-state index in [0.29, 0.717) is 5.32 Å². The fourth-order valence-corrected chi connectivity index (χ4v) is 3.10. The number of hydrogen-bond acceptors (Lipinski definition) is 4. The predicted octanol–water partition coefficient (Wildman–Crippen LogP) is 5.17. The quantitative estimate of drug-likeness (QED) is 0.502. The molecule has 0 bridgehead atoms. The standard InChI is InChI=1S/C15H7Cl2F12N3O2/c16-5-1-2-7(6(17)3-5)34-4-8(33)30-9-10(12(18,19)20,13(21,22)23)32-11(31-9,14(24,25)26)15(27,28)29/h1-3,32H,4H2,(H,30,31,33). The van der Waals surface area contributed by atoms with Gasteiger partial charge in [-0.05, 0) is 18.2 Å². The molecule has 0 radical (unpaired) electrons. The van der Waals surface area contributed by atoms with Crippen LogP contribution >= 0.6 is 23.2 Å². The van der Waals surface area contributed by atoms with E-state index in [-0.39, 0.29) is 10.0 Å². The van der Waals surface area contributed by atoms with E-state index < -0.39 is 65.3 Å². The molecule has 5 nitrogen and oxygen atoms in total.